The van der Waals surface area contributed by atoms with Crippen LogP contribution in [0.2, 0.25) is 10.0 Å². The monoisotopic (exact) mass is 448 g/mol. The lowest BCUT2D eigenvalue weighted by molar-refractivity contribution is -0.130. The summed E-state index contributed by atoms with van der Waals surface area (Å²) in [5.74, 6) is -1.16. The van der Waals surface area contributed by atoms with Gasteiger partial charge in [0.05, 0.1) is 11.6 Å². The van der Waals surface area contributed by atoms with E-state index in [4.69, 9.17) is 23.2 Å². The van der Waals surface area contributed by atoms with E-state index in [2.05, 4.69) is 10.2 Å². The van der Waals surface area contributed by atoms with E-state index in [0.29, 0.717) is 22.7 Å². The second-order valence-electron chi connectivity index (χ2n) is 8.52. The van der Waals surface area contributed by atoms with E-state index in [1.165, 1.54) is 6.07 Å². The van der Waals surface area contributed by atoms with Gasteiger partial charge in [-0.15, -0.1) is 0 Å². The Morgan fingerprint density at radius 2 is 1.97 bits per heavy atom. The van der Waals surface area contributed by atoms with Gasteiger partial charge in [0.2, 0.25) is 5.91 Å². The van der Waals surface area contributed by atoms with Crippen molar-refractivity contribution in [3.8, 4) is 0 Å². The lowest BCUT2D eigenvalue weighted by atomic mass is 9.75. The van der Waals surface area contributed by atoms with Gasteiger partial charge in [-0.05, 0) is 43.0 Å². The van der Waals surface area contributed by atoms with Gasteiger partial charge in [0.25, 0.3) is 0 Å². The highest BCUT2D eigenvalue weighted by molar-refractivity contribution is 6.31. The summed E-state index contributed by atoms with van der Waals surface area (Å²) in [7, 11) is 0. The molecule has 4 nitrogen and oxygen atoms in total. The average Bonchev–Trinajstić information content (AvgIpc) is 3.42. The molecule has 158 valence electrons. The zero-order valence-electron chi connectivity index (χ0n) is 16.4. The van der Waals surface area contributed by atoms with E-state index in [9.17, 15) is 9.90 Å². The first kappa shape index (κ1) is 20.3. The van der Waals surface area contributed by atoms with Crippen molar-refractivity contribution in [2.75, 3.05) is 11.9 Å². The highest BCUT2D eigenvalue weighted by Gasteiger charge is 2.64. The Balaban J connectivity index is 1.77. The highest BCUT2D eigenvalue weighted by atomic mass is 35.5. The summed E-state index contributed by atoms with van der Waals surface area (Å²) in [5.41, 5.74) is 0.762. The second-order valence-corrected chi connectivity index (χ2v) is 9.37. The van der Waals surface area contributed by atoms with Crippen LogP contribution in [0.3, 0.4) is 0 Å². The van der Waals surface area contributed by atoms with Crippen molar-refractivity contribution in [1.29, 1.82) is 0 Å². The van der Waals surface area contributed by atoms with Crippen molar-refractivity contribution in [3.63, 3.8) is 0 Å². The maximum atomic E-state index is 15.2. The van der Waals surface area contributed by atoms with Crippen LogP contribution in [0.5, 0.6) is 0 Å². The maximum absolute atomic E-state index is 15.2. The number of nitrogens with zero attached hydrogens (tertiary/aromatic N) is 1. The van der Waals surface area contributed by atoms with E-state index in [1.807, 2.05) is 6.07 Å². The van der Waals surface area contributed by atoms with Crippen molar-refractivity contribution in [2.45, 2.75) is 55.6 Å². The van der Waals surface area contributed by atoms with Gasteiger partial charge >= 0.3 is 0 Å². The van der Waals surface area contributed by atoms with Gasteiger partial charge in [-0.1, -0.05) is 54.2 Å². The molecular weight excluding hydrogens is 426 g/mol. The number of hydrogen-bond donors (Lipinski definition) is 2. The Bertz CT molecular complexity index is 1010. The number of halogens is 3. The summed E-state index contributed by atoms with van der Waals surface area (Å²) >= 11 is 12.3. The third-order valence-electron chi connectivity index (χ3n) is 7.09. The van der Waals surface area contributed by atoms with Gasteiger partial charge in [-0.3, -0.25) is 9.69 Å². The first-order valence-electron chi connectivity index (χ1n) is 10.4. The number of benzene rings is 2. The number of fused-ring (bicyclic) bond motifs is 2. The molecule has 2 heterocycles. The lowest BCUT2D eigenvalue weighted by Gasteiger charge is -2.43. The van der Waals surface area contributed by atoms with E-state index in [-0.39, 0.29) is 29.6 Å². The number of nitrogens with one attached hydrogen (secondary N) is 1. The summed E-state index contributed by atoms with van der Waals surface area (Å²) in [6.45, 7) is -0.0901. The Kier molecular flexibility index (Phi) is 5.05. The number of hydrogen-bond acceptors (Lipinski definition) is 3. The fourth-order valence-electron chi connectivity index (χ4n) is 5.99. The minimum absolute atomic E-state index is 0.0391. The van der Waals surface area contributed by atoms with Crippen LogP contribution in [0.25, 0.3) is 0 Å². The average molecular weight is 449 g/mol. The van der Waals surface area contributed by atoms with E-state index in [0.717, 1.165) is 31.2 Å². The van der Waals surface area contributed by atoms with Crippen LogP contribution < -0.4 is 5.32 Å². The number of anilines is 1. The van der Waals surface area contributed by atoms with E-state index >= 15 is 4.39 Å². The number of aliphatic hydroxyl groups excluding tert-OH is 1. The van der Waals surface area contributed by atoms with Crippen molar-refractivity contribution < 1.29 is 14.3 Å². The van der Waals surface area contributed by atoms with Crippen molar-refractivity contribution >= 4 is 34.8 Å². The Labute approximate surface area is 185 Å². The first-order valence-corrected chi connectivity index (χ1v) is 11.2. The third kappa shape index (κ3) is 2.76. The van der Waals surface area contributed by atoms with E-state index < -0.39 is 17.3 Å². The van der Waals surface area contributed by atoms with Crippen molar-refractivity contribution in [3.05, 3.63) is 63.4 Å². The van der Waals surface area contributed by atoms with Crippen LogP contribution in [0.1, 0.15) is 49.1 Å². The van der Waals surface area contributed by atoms with Crippen LogP contribution >= 0.6 is 23.2 Å². The van der Waals surface area contributed by atoms with Crippen molar-refractivity contribution in [2.24, 2.45) is 0 Å². The normalized spacial score (nSPS) is 29.0. The number of amides is 1. The summed E-state index contributed by atoms with van der Waals surface area (Å²) in [6.07, 6.45) is 4.56. The molecule has 2 aromatic rings. The lowest BCUT2D eigenvalue weighted by Crippen LogP contribution is -2.56. The molecule has 1 saturated heterocycles. The Morgan fingerprint density at radius 1 is 1.20 bits per heavy atom. The molecule has 2 aromatic carbocycles. The highest BCUT2D eigenvalue weighted by Crippen LogP contribution is 2.59. The van der Waals surface area contributed by atoms with Gasteiger partial charge in [0.15, 0.2) is 0 Å². The van der Waals surface area contributed by atoms with Crippen LogP contribution in [0, 0.1) is 5.82 Å². The quantitative estimate of drug-likeness (QED) is 0.688. The molecule has 1 spiro atoms. The molecule has 3 atom stereocenters. The standard InChI is InChI=1S/C23H23Cl2FN2O2/c24-13-8-9-17-20(10-13)27-22(30)23(17)18(16-6-3-7-19(25)21(16)26)11-15(12-29)28(23)14-4-1-2-5-14/h3,6-10,14-15,18,29H,1-2,4-5,11-12H2,(H,27,30)/t15-,18-,23-/m1/s1. The van der Waals surface area contributed by atoms with Gasteiger partial charge in [0.1, 0.15) is 11.4 Å². The molecule has 0 bridgehead atoms. The molecule has 1 saturated carbocycles. The van der Waals surface area contributed by atoms with Crippen LogP contribution in [0.4, 0.5) is 10.1 Å². The Hall–Kier alpha value is -1.66. The molecule has 7 heteroatoms. The van der Waals surface area contributed by atoms with Gasteiger partial charge in [-0.25, -0.2) is 4.39 Å². The zero-order valence-corrected chi connectivity index (χ0v) is 17.9. The van der Waals surface area contributed by atoms with Crippen molar-refractivity contribution in [1.82, 2.24) is 4.90 Å². The SMILES string of the molecule is O=C1Nc2cc(Cl)ccc2[C@@]12[C@@H](c1cccc(Cl)c1F)C[C@H](CO)N2C1CCCC1. The summed E-state index contributed by atoms with van der Waals surface area (Å²) in [5, 5.41) is 13.9. The smallest absolute Gasteiger partial charge is 0.250 e. The predicted molar refractivity (Wildman–Crippen MR) is 115 cm³/mol. The second kappa shape index (κ2) is 7.49. The molecule has 30 heavy (non-hydrogen) atoms. The number of likely N-dealkylation sites (tertiary alicyclic amines) is 1. The topological polar surface area (TPSA) is 52.6 Å². The fraction of sp³-hybridized carbons (Fsp3) is 0.435. The molecule has 1 amide bonds. The summed E-state index contributed by atoms with van der Waals surface area (Å²) in [4.78, 5) is 15.9. The molecule has 2 aliphatic heterocycles. The number of carbonyl (C=O) groups excluding carboxylic acids is 1. The molecule has 0 aromatic heterocycles. The summed E-state index contributed by atoms with van der Waals surface area (Å²) < 4.78 is 15.2. The molecule has 3 aliphatic rings. The van der Waals surface area contributed by atoms with Crippen LogP contribution in [-0.4, -0.2) is 34.6 Å². The van der Waals surface area contributed by atoms with Gasteiger partial charge in [0, 0.05) is 34.3 Å². The Morgan fingerprint density at radius 3 is 2.70 bits per heavy atom. The third-order valence-corrected chi connectivity index (χ3v) is 7.61. The minimum Gasteiger partial charge on any atom is -0.395 e. The molecule has 0 unspecified atom stereocenters. The molecule has 2 N–H and O–H groups in total. The largest absolute Gasteiger partial charge is 0.395 e. The van der Waals surface area contributed by atoms with Gasteiger partial charge < -0.3 is 10.4 Å². The predicted octanol–water partition coefficient (Wildman–Crippen LogP) is 5.07. The molecule has 5 rings (SSSR count). The van der Waals surface area contributed by atoms with Gasteiger partial charge in [-0.2, -0.15) is 0 Å². The minimum atomic E-state index is -1.10. The first-order chi connectivity index (χ1) is 14.5. The zero-order chi connectivity index (χ0) is 21.0. The number of carbonyl (C=O) groups is 1. The summed E-state index contributed by atoms with van der Waals surface area (Å²) in [6, 6.07) is 10.2. The maximum Gasteiger partial charge on any atom is 0.250 e. The molecular formula is C23H23Cl2FN2O2. The molecule has 2 fully saturated rings. The fourth-order valence-corrected chi connectivity index (χ4v) is 6.35. The number of rotatable bonds is 3. The van der Waals surface area contributed by atoms with E-state index in [1.54, 1.807) is 24.3 Å². The van der Waals surface area contributed by atoms with Crippen LogP contribution in [0.15, 0.2) is 36.4 Å². The molecule has 0 radical (unpaired) electrons. The number of aliphatic hydroxyl groups is 1. The molecule has 1 aliphatic carbocycles. The van der Waals surface area contributed by atoms with Crippen LogP contribution in [-0.2, 0) is 10.3 Å².